The fraction of sp³-hybridized carbons (Fsp3) is 0.909. The van der Waals surface area contributed by atoms with E-state index in [2.05, 4.69) is 11.8 Å². The van der Waals surface area contributed by atoms with E-state index < -0.39 is 0 Å². The van der Waals surface area contributed by atoms with E-state index in [9.17, 15) is 4.79 Å². The van der Waals surface area contributed by atoms with Gasteiger partial charge in [-0.15, -0.1) is 0 Å². The van der Waals surface area contributed by atoms with Gasteiger partial charge in [-0.05, 0) is 20.3 Å². The topological polar surface area (TPSA) is 29.5 Å². The molecule has 4 heteroatoms. The quantitative estimate of drug-likeness (QED) is 0.690. The highest BCUT2D eigenvalue weighted by molar-refractivity contribution is 8.00. The van der Waals surface area contributed by atoms with Crippen molar-refractivity contribution in [2.45, 2.75) is 38.5 Å². The molecule has 0 radical (unpaired) electrons. The molecule has 1 aliphatic heterocycles. The summed E-state index contributed by atoms with van der Waals surface area (Å²) in [5, 5.41) is 0.686. The Bertz CT molecular complexity index is 209. The van der Waals surface area contributed by atoms with Gasteiger partial charge in [0, 0.05) is 24.1 Å². The van der Waals surface area contributed by atoms with Gasteiger partial charge in [-0.2, -0.15) is 11.8 Å². The number of rotatable bonds is 4. The normalized spacial score (nSPS) is 23.1. The summed E-state index contributed by atoms with van der Waals surface area (Å²) in [5.41, 5.74) is 0. The summed E-state index contributed by atoms with van der Waals surface area (Å²) in [7, 11) is 0. The maximum Gasteiger partial charge on any atom is 0.320 e. The zero-order chi connectivity index (χ0) is 11.3. The fourth-order valence-corrected chi connectivity index (χ4v) is 2.90. The van der Waals surface area contributed by atoms with Gasteiger partial charge in [0.05, 0.1) is 12.6 Å². The minimum absolute atomic E-state index is 0.00126. The number of hydrogen-bond acceptors (Lipinski definition) is 4. The second-order valence-electron chi connectivity index (χ2n) is 4.17. The molecule has 1 saturated heterocycles. The van der Waals surface area contributed by atoms with Gasteiger partial charge in [0.25, 0.3) is 0 Å². The summed E-state index contributed by atoms with van der Waals surface area (Å²) in [6.45, 7) is 8.46. The zero-order valence-electron chi connectivity index (χ0n) is 9.86. The molecule has 1 fully saturated rings. The molecule has 3 nitrogen and oxygen atoms in total. The molecule has 15 heavy (non-hydrogen) atoms. The van der Waals surface area contributed by atoms with Crippen LogP contribution < -0.4 is 0 Å². The van der Waals surface area contributed by atoms with Crippen molar-refractivity contribution in [2.24, 2.45) is 0 Å². The smallest absolute Gasteiger partial charge is 0.320 e. The third-order valence-electron chi connectivity index (χ3n) is 2.40. The van der Waals surface area contributed by atoms with E-state index in [1.165, 1.54) is 6.42 Å². The lowest BCUT2D eigenvalue weighted by Crippen LogP contribution is -2.41. The highest BCUT2D eigenvalue weighted by Gasteiger charge is 2.21. The van der Waals surface area contributed by atoms with Crippen LogP contribution in [-0.4, -0.2) is 47.6 Å². The molecular weight excluding hydrogens is 210 g/mol. The van der Waals surface area contributed by atoms with Crippen molar-refractivity contribution in [1.29, 1.82) is 0 Å². The molecule has 0 N–H and O–H groups in total. The minimum atomic E-state index is -0.0910. The molecule has 0 bridgehead atoms. The van der Waals surface area contributed by atoms with Crippen LogP contribution in [0.25, 0.3) is 0 Å². The number of ether oxygens (including phenoxy) is 1. The van der Waals surface area contributed by atoms with Crippen LogP contribution in [-0.2, 0) is 9.53 Å². The average Bonchev–Trinajstić information content (AvgIpc) is 2.16. The second-order valence-corrected chi connectivity index (χ2v) is 5.58. The van der Waals surface area contributed by atoms with Crippen molar-refractivity contribution in [1.82, 2.24) is 4.90 Å². The van der Waals surface area contributed by atoms with E-state index >= 15 is 0 Å². The van der Waals surface area contributed by atoms with Gasteiger partial charge in [0.2, 0.25) is 0 Å². The standard InChI is InChI=1S/C11H21NO2S/c1-4-10-7-12(5-6-15-10)8-11(13)14-9(2)3/h9-10H,4-8H2,1-3H3. The predicted octanol–water partition coefficient (Wildman–Crippen LogP) is 1.77. The Morgan fingerprint density at radius 1 is 1.60 bits per heavy atom. The first kappa shape index (κ1) is 12.8. The van der Waals surface area contributed by atoms with Crippen LogP contribution in [0.1, 0.15) is 27.2 Å². The van der Waals surface area contributed by atoms with Crippen LogP contribution in [0.3, 0.4) is 0 Å². The lowest BCUT2D eigenvalue weighted by atomic mass is 10.3. The number of carbonyl (C=O) groups is 1. The van der Waals surface area contributed by atoms with Gasteiger partial charge >= 0.3 is 5.97 Å². The van der Waals surface area contributed by atoms with E-state index in [4.69, 9.17) is 4.74 Å². The molecule has 1 unspecified atom stereocenters. The lowest BCUT2D eigenvalue weighted by molar-refractivity contribution is -0.148. The van der Waals surface area contributed by atoms with E-state index in [0.29, 0.717) is 11.8 Å². The molecule has 1 heterocycles. The molecule has 0 aromatic heterocycles. The lowest BCUT2D eigenvalue weighted by Gasteiger charge is -2.31. The Balaban J connectivity index is 2.28. The first-order valence-corrected chi connectivity index (χ1v) is 6.70. The van der Waals surface area contributed by atoms with Crippen molar-refractivity contribution in [2.75, 3.05) is 25.4 Å². The molecule has 0 spiro atoms. The van der Waals surface area contributed by atoms with Crippen LogP contribution in [0.15, 0.2) is 0 Å². The number of hydrogen-bond donors (Lipinski definition) is 0. The van der Waals surface area contributed by atoms with Gasteiger partial charge in [0.15, 0.2) is 0 Å². The second kappa shape index (κ2) is 6.38. The maximum atomic E-state index is 11.4. The number of esters is 1. The van der Waals surface area contributed by atoms with Crippen LogP contribution in [0.5, 0.6) is 0 Å². The van der Waals surface area contributed by atoms with Crippen molar-refractivity contribution in [3.05, 3.63) is 0 Å². The summed E-state index contributed by atoms with van der Waals surface area (Å²) < 4.78 is 5.13. The summed E-state index contributed by atoms with van der Waals surface area (Å²) >= 11 is 2.01. The molecule has 88 valence electrons. The van der Waals surface area contributed by atoms with E-state index in [0.717, 1.165) is 18.8 Å². The van der Waals surface area contributed by atoms with Crippen LogP contribution in [0.2, 0.25) is 0 Å². The summed E-state index contributed by atoms with van der Waals surface area (Å²) in [5.74, 6) is 1.04. The SMILES string of the molecule is CCC1CN(CC(=O)OC(C)C)CCS1. The molecule has 1 rings (SSSR count). The average molecular weight is 231 g/mol. The summed E-state index contributed by atoms with van der Waals surface area (Å²) in [6.07, 6.45) is 1.18. The minimum Gasteiger partial charge on any atom is -0.462 e. The third-order valence-corrected chi connectivity index (χ3v) is 3.77. The van der Waals surface area contributed by atoms with Crippen molar-refractivity contribution >= 4 is 17.7 Å². The van der Waals surface area contributed by atoms with Gasteiger partial charge in [-0.3, -0.25) is 9.69 Å². The van der Waals surface area contributed by atoms with E-state index in [1.54, 1.807) is 0 Å². The molecule has 0 amide bonds. The van der Waals surface area contributed by atoms with Crippen molar-refractivity contribution in [3.8, 4) is 0 Å². The Kier molecular flexibility index (Phi) is 5.47. The van der Waals surface area contributed by atoms with Crippen molar-refractivity contribution < 1.29 is 9.53 Å². The Morgan fingerprint density at radius 3 is 2.93 bits per heavy atom. The van der Waals surface area contributed by atoms with Gasteiger partial charge in [0.1, 0.15) is 0 Å². The molecule has 1 atom stereocenters. The fourth-order valence-electron chi connectivity index (χ4n) is 1.65. The first-order chi connectivity index (χ1) is 7.11. The van der Waals surface area contributed by atoms with Gasteiger partial charge in [-0.25, -0.2) is 0 Å². The number of thioether (sulfide) groups is 1. The molecule has 0 saturated carbocycles. The van der Waals surface area contributed by atoms with Gasteiger partial charge < -0.3 is 4.74 Å². The Labute approximate surface area is 96.5 Å². The summed E-state index contributed by atoms with van der Waals surface area (Å²) in [4.78, 5) is 13.6. The number of carbonyl (C=O) groups excluding carboxylic acids is 1. The molecular formula is C11H21NO2S. The highest BCUT2D eigenvalue weighted by atomic mass is 32.2. The third kappa shape index (κ3) is 4.89. The highest BCUT2D eigenvalue weighted by Crippen LogP contribution is 2.20. The molecule has 1 aliphatic rings. The van der Waals surface area contributed by atoms with Crippen LogP contribution in [0.4, 0.5) is 0 Å². The number of nitrogens with zero attached hydrogens (tertiary/aromatic N) is 1. The molecule has 0 aliphatic carbocycles. The Hall–Kier alpha value is -0.220. The molecule has 0 aromatic rings. The molecule has 0 aromatic carbocycles. The monoisotopic (exact) mass is 231 g/mol. The van der Waals surface area contributed by atoms with Crippen LogP contribution >= 0.6 is 11.8 Å². The summed E-state index contributed by atoms with van der Waals surface area (Å²) in [6, 6.07) is 0. The Morgan fingerprint density at radius 2 is 2.33 bits per heavy atom. The van der Waals surface area contributed by atoms with Gasteiger partial charge in [-0.1, -0.05) is 6.92 Å². The maximum absolute atomic E-state index is 11.4. The van der Waals surface area contributed by atoms with E-state index in [1.807, 2.05) is 25.6 Å². The first-order valence-electron chi connectivity index (χ1n) is 5.65. The van der Waals surface area contributed by atoms with Crippen molar-refractivity contribution in [3.63, 3.8) is 0 Å². The predicted molar refractivity (Wildman–Crippen MR) is 64.2 cm³/mol. The van der Waals surface area contributed by atoms with E-state index in [-0.39, 0.29) is 12.1 Å². The largest absolute Gasteiger partial charge is 0.462 e. The zero-order valence-corrected chi connectivity index (χ0v) is 10.7. The van der Waals surface area contributed by atoms with Crippen LogP contribution in [0, 0.1) is 0 Å².